The van der Waals surface area contributed by atoms with Gasteiger partial charge in [-0.05, 0) is 62.2 Å². The van der Waals surface area contributed by atoms with E-state index in [4.69, 9.17) is 30.3 Å². The van der Waals surface area contributed by atoms with Gasteiger partial charge in [0, 0.05) is 24.8 Å². The first-order valence-electron chi connectivity index (χ1n) is 12.2. The number of esters is 2. The Hall–Kier alpha value is -2.58. The predicted octanol–water partition coefficient (Wildman–Crippen LogP) is 4.92. The molecule has 34 heavy (non-hydrogen) atoms. The zero-order valence-electron chi connectivity index (χ0n) is 19.1. The van der Waals surface area contributed by atoms with Gasteiger partial charge in [0.2, 0.25) is 0 Å². The van der Waals surface area contributed by atoms with Crippen LogP contribution in [0.1, 0.15) is 51.4 Å². The second kappa shape index (κ2) is 10.4. The van der Waals surface area contributed by atoms with Crippen molar-refractivity contribution in [1.29, 1.82) is 0 Å². The van der Waals surface area contributed by atoms with E-state index < -0.39 is 11.9 Å². The minimum Gasteiger partial charge on any atom is -0.475 e. The molecule has 1 aromatic heterocycles. The molecule has 0 unspecified atom stereocenters. The zero-order valence-corrected chi connectivity index (χ0v) is 19.8. The van der Waals surface area contributed by atoms with Crippen molar-refractivity contribution in [2.75, 3.05) is 26.2 Å². The summed E-state index contributed by atoms with van der Waals surface area (Å²) in [4.78, 5) is 26.5. The molecule has 2 aliphatic heterocycles. The molecule has 9 heteroatoms. The second-order valence-electron chi connectivity index (χ2n) is 9.44. The second-order valence-corrected chi connectivity index (χ2v) is 9.82. The van der Waals surface area contributed by atoms with Crippen molar-refractivity contribution in [1.82, 2.24) is 10.1 Å². The van der Waals surface area contributed by atoms with Crippen LogP contribution < -0.4 is 14.2 Å². The number of carbonyl (C=O) groups is 2. The number of ether oxygens (including phenoxy) is 3. The van der Waals surface area contributed by atoms with Crippen LogP contribution in [-0.2, 0) is 9.59 Å². The van der Waals surface area contributed by atoms with Gasteiger partial charge < -0.3 is 23.6 Å². The largest absolute Gasteiger partial charge is 0.475 e. The van der Waals surface area contributed by atoms with Crippen molar-refractivity contribution in [2.45, 2.75) is 51.4 Å². The highest BCUT2D eigenvalue weighted by atomic mass is 35.5. The molecule has 0 N–H and O–H groups in total. The number of fused-ring (bicyclic) bond motifs is 4. The summed E-state index contributed by atoms with van der Waals surface area (Å²) in [6.45, 7) is 4.02. The van der Waals surface area contributed by atoms with Gasteiger partial charge in [0.05, 0.1) is 6.61 Å². The Labute approximate surface area is 203 Å². The summed E-state index contributed by atoms with van der Waals surface area (Å²) in [5, 5.41) is 4.31. The van der Waals surface area contributed by atoms with Crippen LogP contribution in [0.4, 0.5) is 0 Å². The van der Waals surface area contributed by atoms with Gasteiger partial charge in [-0.25, -0.2) is 9.59 Å². The Kier molecular flexibility index (Phi) is 7.06. The number of hydrogen-bond acceptors (Lipinski definition) is 8. The van der Waals surface area contributed by atoms with E-state index >= 15 is 0 Å². The lowest BCUT2D eigenvalue weighted by molar-refractivity contribution is -0.131. The van der Waals surface area contributed by atoms with E-state index in [-0.39, 0.29) is 28.0 Å². The lowest BCUT2D eigenvalue weighted by Gasteiger charge is -2.35. The highest BCUT2D eigenvalue weighted by Gasteiger charge is 2.27. The predicted molar refractivity (Wildman–Crippen MR) is 125 cm³/mol. The maximum Gasteiger partial charge on any atom is 0.336 e. The van der Waals surface area contributed by atoms with Gasteiger partial charge in [0.15, 0.2) is 17.1 Å². The molecule has 182 valence electrons. The number of rotatable bonds is 6. The van der Waals surface area contributed by atoms with Crippen LogP contribution in [0.2, 0.25) is 5.02 Å². The summed E-state index contributed by atoms with van der Waals surface area (Å²) in [5.74, 6) is 0.218. The molecule has 2 aromatic rings. The molecule has 1 aromatic carbocycles. The van der Waals surface area contributed by atoms with Crippen LogP contribution in [0, 0.1) is 11.8 Å². The van der Waals surface area contributed by atoms with E-state index in [1.54, 1.807) is 0 Å². The number of nitrogens with zero attached hydrogens (tertiary/aromatic N) is 2. The van der Waals surface area contributed by atoms with Crippen molar-refractivity contribution in [2.24, 2.45) is 11.8 Å². The SMILES string of the molecule is O=C1/C=C/C(=O)Oc2c(Cl)c(cc3onc(OCCC4CCN(CC5CCCCC5)CC4)c23)O1. The summed E-state index contributed by atoms with van der Waals surface area (Å²) in [6, 6.07) is 1.44. The quantitative estimate of drug-likeness (QED) is 0.418. The number of benzene rings is 1. The Morgan fingerprint density at radius 1 is 1.00 bits per heavy atom. The minimum atomic E-state index is -0.758. The van der Waals surface area contributed by atoms with E-state index in [0.717, 1.165) is 37.6 Å². The first kappa shape index (κ1) is 23.2. The van der Waals surface area contributed by atoms with Gasteiger partial charge in [0.1, 0.15) is 10.4 Å². The van der Waals surface area contributed by atoms with Crippen LogP contribution in [0.25, 0.3) is 11.0 Å². The maximum atomic E-state index is 12.1. The molecule has 5 rings (SSSR count). The van der Waals surface area contributed by atoms with E-state index in [2.05, 4.69) is 10.1 Å². The topological polar surface area (TPSA) is 91.1 Å². The summed E-state index contributed by atoms with van der Waals surface area (Å²) < 4.78 is 21.8. The fourth-order valence-electron chi connectivity index (χ4n) is 5.20. The molecule has 1 aliphatic carbocycles. The fraction of sp³-hybridized carbons (Fsp3) is 0.560. The summed E-state index contributed by atoms with van der Waals surface area (Å²) in [5.41, 5.74) is 0.253. The molecule has 3 aliphatic rings. The maximum absolute atomic E-state index is 12.1. The normalized spacial score (nSPS) is 21.4. The average Bonchev–Trinajstić information content (AvgIpc) is 3.25. The molecule has 8 nitrogen and oxygen atoms in total. The first-order valence-corrected chi connectivity index (χ1v) is 12.5. The van der Waals surface area contributed by atoms with Gasteiger partial charge in [-0.15, -0.1) is 0 Å². The zero-order chi connectivity index (χ0) is 23.5. The van der Waals surface area contributed by atoms with Crippen LogP contribution in [-0.4, -0.2) is 48.2 Å². The molecule has 2 bridgehead atoms. The third-order valence-corrected chi connectivity index (χ3v) is 7.43. The Balaban J connectivity index is 1.19. The lowest BCUT2D eigenvalue weighted by atomic mass is 9.87. The molecular formula is C25H29ClN2O6. The Morgan fingerprint density at radius 3 is 2.50 bits per heavy atom. The monoisotopic (exact) mass is 488 g/mol. The van der Waals surface area contributed by atoms with Crippen LogP contribution in [0.5, 0.6) is 17.4 Å². The molecule has 1 saturated carbocycles. The summed E-state index contributed by atoms with van der Waals surface area (Å²) in [6.07, 6.45) is 12.2. The molecule has 0 radical (unpaired) electrons. The average molecular weight is 489 g/mol. The van der Waals surface area contributed by atoms with E-state index in [9.17, 15) is 9.59 Å². The molecular weight excluding hydrogens is 460 g/mol. The van der Waals surface area contributed by atoms with E-state index in [1.165, 1.54) is 57.6 Å². The number of likely N-dealkylation sites (tertiary alicyclic amines) is 1. The first-order chi connectivity index (χ1) is 16.6. The highest BCUT2D eigenvalue weighted by molar-refractivity contribution is 6.35. The number of piperidine rings is 1. The van der Waals surface area contributed by atoms with Crippen molar-refractivity contribution in [3.05, 3.63) is 23.2 Å². The third-order valence-electron chi connectivity index (χ3n) is 7.07. The number of carbonyl (C=O) groups excluding carboxylic acids is 2. The van der Waals surface area contributed by atoms with Gasteiger partial charge in [-0.1, -0.05) is 30.9 Å². The van der Waals surface area contributed by atoms with Gasteiger partial charge >= 0.3 is 11.9 Å². The number of hydrogen-bond donors (Lipinski definition) is 0. The lowest BCUT2D eigenvalue weighted by Crippen LogP contribution is -2.37. The molecule has 0 spiro atoms. The molecule has 3 heterocycles. The third kappa shape index (κ3) is 5.23. The van der Waals surface area contributed by atoms with Crippen LogP contribution in [0.15, 0.2) is 22.7 Å². The van der Waals surface area contributed by atoms with Gasteiger partial charge in [-0.2, -0.15) is 0 Å². The van der Waals surface area contributed by atoms with Crippen molar-refractivity contribution in [3.8, 4) is 17.4 Å². The Bertz CT molecular complexity index is 1080. The van der Waals surface area contributed by atoms with Crippen molar-refractivity contribution in [3.63, 3.8) is 0 Å². The molecule has 2 fully saturated rings. The van der Waals surface area contributed by atoms with Crippen molar-refractivity contribution < 1.29 is 28.3 Å². The Morgan fingerprint density at radius 2 is 1.74 bits per heavy atom. The standard InChI is InChI=1S/C25H29ClN2O6/c26-23-19-14-18-22(24(23)33-21(30)7-6-20(29)32-19)25(27-34-18)31-13-10-16-8-11-28(12-9-16)15-17-4-2-1-3-5-17/h6-7,14,16-17H,1-5,8-13,15H2/b7-6+. The van der Waals surface area contributed by atoms with Gasteiger partial charge in [0.25, 0.3) is 5.88 Å². The van der Waals surface area contributed by atoms with Crippen LogP contribution >= 0.6 is 11.6 Å². The smallest absolute Gasteiger partial charge is 0.336 e. The molecule has 0 amide bonds. The van der Waals surface area contributed by atoms with Crippen LogP contribution in [0.3, 0.4) is 0 Å². The van der Waals surface area contributed by atoms with E-state index in [0.29, 0.717) is 17.9 Å². The molecule has 1 saturated heterocycles. The van der Waals surface area contributed by atoms with E-state index in [1.807, 2.05) is 0 Å². The summed E-state index contributed by atoms with van der Waals surface area (Å²) in [7, 11) is 0. The highest BCUT2D eigenvalue weighted by Crippen LogP contribution is 2.45. The fourth-order valence-corrected chi connectivity index (χ4v) is 5.42. The molecule has 0 atom stereocenters. The number of halogens is 1. The van der Waals surface area contributed by atoms with Crippen molar-refractivity contribution >= 4 is 34.5 Å². The summed E-state index contributed by atoms with van der Waals surface area (Å²) >= 11 is 6.36. The minimum absolute atomic E-state index is 0.00536. The van der Waals surface area contributed by atoms with Gasteiger partial charge in [-0.3, -0.25) is 0 Å². The number of aromatic nitrogens is 1.